The third-order valence-electron chi connectivity index (χ3n) is 2.55. The minimum atomic E-state index is -0.331. The first-order valence-corrected chi connectivity index (χ1v) is 6.33. The number of carbonyl (C=O) groups excluding carboxylic acids is 1. The normalized spacial score (nSPS) is 10.5. The fourth-order valence-electron chi connectivity index (χ4n) is 1.67. The van der Waals surface area contributed by atoms with Crippen molar-refractivity contribution in [1.29, 1.82) is 0 Å². The van der Waals surface area contributed by atoms with E-state index < -0.39 is 0 Å². The van der Waals surface area contributed by atoms with Gasteiger partial charge in [0.15, 0.2) is 5.58 Å². The van der Waals surface area contributed by atoms with Crippen LogP contribution < -0.4 is 9.68 Å². The molecule has 3 rings (SSSR count). The molecule has 0 fully saturated rings. The zero-order valence-corrected chi connectivity index (χ0v) is 10.5. The number of fused-ring (bicyclic) bond motifs is 1. The molecule has 0 aliphatic carbocycles. The summed E-state index contributed by atoms with van der Waals surface area (Å²) in [4.78, 5) is 21.3. The molecule has 4 nitrogen and oxygen atoms in total. The van der Waals surface area contributed by atoms with Gasteiger partial charge in [0.25, 0.3) is 0 Å². The average Bonchev–Trinajstić information content (AvgIpc) is 2.79. The predicted molar refractivity (Wildman–Crippen MR) is 72.3 cm³/mol. The van der Waals surface area contributed by atoms with E-state index in [4.69, 9.17) is 9.15 Å². The van der Waals surface area contributed by atoms with E-state index in [1.807, 2.05) is 0 Å². The highest BCUT2D eigenvalue weighted by Crippen LogP contribution is 2.26. The van der Waals surface area contributed by atoms with Crippen LogP contribution in [0, 0.1) is 0 Å². The Labute approximate surface area is 111 Å². The molecule has 0 aliphatic heterocycles. The second kappa shape index (κ2) is 4.70. The Hall–Kier alpha value is -2.40. The summed E-state index contributed by atoms with van der Waals surface area (Å²) in [7, 11) is 0. The van der Waals surface area contributed by atoms with Crippen molar-refractivity contribution < 1.29 is 13.9 Å². The van der Waals surface area contributed by atoms with E-state index >= 15 is 0 Å². The molecular formula is C14H8O4S. The van der Waals surface area contributed by atoms with Crippen LogP contribution in [0.2, 0.25) is 0 Å². The molecule has 0 N–H and O–H groups in total. The molecule has 1 heterocycles. The molecule has 0 atom stereocenters. The minimum Gasteiger partial charge on any atom is -0.457 e. The molecule has 0 saturated carbocycles. The molecule has 1 aromatic heterocycles. The van der Waals surface area contributed by atoms with Gasteiger partial charge in [-0.05, 0) is 36.4 Å². The Balaban J connectivity index is 1.91. The molecular weight excluding hydrogens is 264 g/mol. The van der Waals surface area contributed by atoms with Gasteiger partial charge < -0.3 is 9.15 Å². The summed E-state index contributed by atoms with van der Waals surface area (Å²) in [5.41, 5.74) is 1.10. The van der Waals surface area contributed by atoms with Crippen molar-refractivity contribution in [2.75, 3.05) is 0 Å². The number of carbonyl (C=O) groups is 1. The average molecular weight is 272 g/mol. The van der Waals surface area contributed by atoms with Gasteiger partial charge in [-0.2, -0.15) is 0 Å². The van der Waals surface area contributed by atoms with Crippen LogP contribution in [0.4, 0.5) is 0 Å². The lowest BCUT2D eigenvalue weighted by atomic mass is 10.2. The SMILES string of the molecule is O=Cc1ccc(Oc2ccc3sc(=O)oc3c2)cc1. The van der Waals surface area contributed by atoms with Crippen LogP contribution in [-0.4, -0.2) is 6.29 Å². The van der Waals surface area contributed by atoms with Gasteiger partial charge in [-0.1, -0.05) is 11.3 Å². The van der Waals surface area contributed by atoms with E-state index in [2.05, 4.69) is 0 Å². The van der Waals surface area contributed by atoms with Crippen LogP contribution in [-0.2, 0) is 0 Å². The number of ether oxygens (including phenoxy) is 1. The van der Waals surface area contributed by atoms with Gasteiger partial charge in [-0.15, -0.1) is 0 Å². The Kier molecular flexibility index (Phi) is 2.89. The maximum absolute atomic E-state index is 11.1. The summed E-state index contributed by atoms with van der Waals surface area (Å²) in [5.74, 6) is 1.19. The molecule has 94 valence electrons. The van der Waals surface area contributed by atoms with Gasteiger partial charge in [-0.3, -0.25) is 4.79 Å². The predicted octanol–water partition coefficient (Wildman–Crippen LogP) is 3.46. The highest BCUT2D eigenvalue weighted by Gasteiger charge is 2.04. The number of benzene rings is 2. The van der Waals surface area contributed by atoms with E-state index in [-0.39, 0.29) is 4.94 Å². The molecule has 0 spiro atoms. The highest BCUT2D eigenvalue weighted by molar-refractivity contribution is 7.16. The summed E-state index contributed by atoms with van der Waals surface area (Å²) >= 11 is 1.06. The Morgan fingerprint density at radius 1 is 1.05 bits per heavy atom. The third-order valence-corrected chi connectivity index (χ3v) is 3.36. The van der Waals surface area contributed by atoms with Crippen molar-refractivity contribution in [1.82, 2.24) is 0 Å². The van der Waals surface area contributed by atoms with Crippen LogP contribution in [0.25, 0.3) is 10.3 Å². The largest absolute Gasteiger partial charge is 0.457 e. The first-order valence-electron chi connectivity index (χ1n) is 5.51. The quantitative estimate of drug-likeness (QED) is 0.685. The molecule has 3 aromatic rings. The molecule has 5 heteroatoms. The van der Waals surface area contributed by atoms with E-state index in [9.17, 15) is 9.59 Å². The molecule has 0 radical (unpaired) electrons. The highest BCUT2D eigenvalue weighted by atomic mass is 32.1. The standard InChI is InChI=1S/C14H8O4S/c15-8-9-1-3-10(4-2-9)17-11-5-6-13-12(7-11)18-14(16)19-13/h1-8H. The van der Waals surface area contributed by atoms with E-state index in [1.54, 1.807) is 42.5 Å². The van der Waals surface area contributed by atoms with Gasteiger partial charge >= 0.3 is 4.94 Å². The van der Waals surface area contributed by atoms with Crippen molar-refractivity contribution in [3.8, 4) is 11.5 Å². The number of aldehydes is 1. The zero-order chi connectivity index (χ0) is 13.2. The first kappa shape index (κ1) is 11.7. The third kappa shape index (κ3) is 2.41. The summed E-state index contributed by atoms with van der Waals surface area (Å²) in [6, 6.07) is 12.0. The number of hydrogen-bond acceptors (Lipinski definition) is 5. The van der Waals surface area contributed by atoms with Crippen LogP contribution in [0.1, 0.15) is 10.4 Å². The second-order valence-electron chi connectivity index (χ2n) is 3.85. The summed E-state index contributed by atoms with van der Waals surface area (Å²) in [6.45, 7) is 0. The molecule has 0 unspecified atom stereocenters. The maximum Gasteiger partial charge on any atom is 0.396 e. The van der Waals surface area contributed by atoms with Crippen LogP contribution in [0.5, 0.6) is 11.5 Å². The van der Waals surface area contributed by atoms with Crippen molar-refractivity contribution in [3.63, 3.8) is 0 Å². The van der Waals surface area contributed by atoms with Gasteiger partial charge in [-0.25, -0.2) is 4.79 Å². The smallest absolute Gasteiger partial charge is 0.396 e. The van der Waals surface area contributed by atoms with E-state index in [1.165, 1.54) is 0 Å². The number of rotatable bonds is 3. The maximum atomic E-state index is 11.1. The van der Waals surface area contributed by atoms with Crippen molar-refractivity contribution in [2.45, 2.75) is 0 Å². The lowest BCUT2D eigenvalue weighted by Gasteiger charge is -2.05. The topological polar surface area (TPSA) is 56.5 Å². The van der Waals surface area contributed by atoms with Crippen LogP contribution >= 0.6 is 11.3 Å². The first-order chi connectivity index (χ1) is 9.24. The Morgan fingerprint density at radius 2 is 1.79 bits per heavy atom. The Morgan fingerprint density at radius 3 is 2.53 bits per heavy atom. The van der Waals surface area contributed by atoms with Gasteiger partial charge in [0.05, 0.1) is 4.70 Å². The number of hydrogen-bond donors (Lipinski definition) is 0. The fourth-order valence-corrected chi connectivity index (χ4v) is 2.32. The zero-order valence-electron chi connectivity index (χ0n) is 9.66. The van der Waals surface area contributed by atoms with Crippen molar-refractivity contribution in [3.05, 3.63) is 57.8 Å². The summed E-state index contributed by atoms with van der Waals surface area (Å²) in [6.07, 6.45) is 0.774. The monoisotopic (exact) mass is 272 g/mol. The molecule has 0 aliphatic rings. The van der Waals surface area contributed by atoms with Gasteiger partial charge in [0.1, 0.15) is 17.8 Å². The summed E-state index contributed by atoms with van der Waals surface area (Å²) in [5, 5.41) is 0. The summed E-state index contributed by atoms with van der Waals surface area (Å²) < 4.78 is 11.4. The van der Waals surface area contributed by atoms with Crippen LogP contribution in [0.3, 0.4) is 0 Å². The van der Waals surface area contributed by atoms with Crippen LogP contribution in [0.15, 0.2) is 51.7 Å². The lowest BCUT2D eigenvalue weighted by Crippen LogP contribution is -1.85. The Bertz CT molecular complexity index is 783. The van der Waals surface area contributed by atoms with E-state index in [0.29, 0.717) is 22.6 Å². The molecule has 0 saturated heterocycles. The minimum absolute atomic E-state index is 0.331. The van der Waals surface area contributed by atoms with Crippen molar-refractivity contribution >= 4 is 27.9 Å². The molecule has 2 aromatic carbocycles. The molecule has 0 bridgehead atoms. The van der Waals surface area contributed by atoms with E-state index in [0.717, 1.165) is 22.3 Å². The molecule has 19 heavy (non-hydrogen) atoms. The second-order valence-corrected chi connectivity index (χ2v) is 4.83. The molecule has 0 amide bonds. The van der Waals surface area contributed by atoms with Gasteiger partial charge in [0, 0.05) is 11.6 Å². The van der Waals surface area contributed by atoms with Gasteiger partial charge in [0.2, 0.25) is 0 Å². The van der Waals surface area contributed by atoms with Crippen molar-refractivity contribution in [2.24, 2.45) is 0 Å². The fraction of sp³-hybridized carbons (Fsp3) is 0. The lowest BCUT2D eigenvalue weighted by molar-refractivity contribution is 0.112.